The maximum absolute atomic E-state index is 12.3. The van der Waals surface area contributed by atoms with E-state index in [0.717, 1.165) is 65.2 Å². The Labute approximate surface area is 270 Å². The molecule has 0 saturated heterocycles. The van der Waals surface area contributed by atoms with Crippen LogP contribution in [0.1, 0.15) is 80.0 Å². The Bertz CT molecular complexity index is 1670. The van der Waals surface area contributed by atoms with E-state index < -0.39 is 5.97 Å². The number of halogens is 2. The Balaban J connectivity index is 1.06. The molecule has 0 unspecified atom stereocenters. The molecule has 3 aliphatic rings. The molecule has 44 heavy (non-hydrogen) atoms. The van der Waals surface area contributed by atoms with Crippen LogP contribution in [0.2, 0.25) is 10.0 Å². The molecule has 3 saturated carbocycles. The molecule has 0 aliphatic heterocycles. The largest absolute Gasteiger partial charge is 0.489 e. The van der Waals surface area contributed by atoms with Crippen LogP contribution in [0.5, 0.6) is 5.75 Å². The Morgan fingerprint density at radius 1 is 1.11 bits per heavy atom. The first kappa shape index (κ1) is 29.8. The molecule has 7 rings (SSSR count). The minimum absolute atomic E-state index is 0.0498. The van der Waals surface area contributed by atoms with E-state index in [-0.39, 0.29) is 12.2 Å². The number of hydrogen-bond donors (Lipinski definition) is 1. The maximum Gasteiger partial charge on any atom is 0.338 e. The SMILES string of the molecule is COC(=O)c1cc(OC(C)C)c2nc(N[C@@H]3[C@@H]4CC[C@H]3C[C@H](OCc3c(-c5c(Cl)cccc5Cl)noc3C3CC3)C4)sc2c1. The van der Waals surface area contributed by atoms with E-state index in [1.807, 2.05) is 38.1 Å². The summed E-state index contributed by atoms with van der Waals surface area (Å²) in [4.78, 5) is 17.2. The van der Waals surface area contributed by atoms with E-state index in [1.54, 1.807) is 17.4 Å². The Morgan fingerprint density at radius 2 is 1.84 bits per heavy atom. The zero-order valence-corrected chi connectivity index (χ0v) is 27.2. The molecule has 4 aromatic rings. The van der Waals surface area contributed by atoms with Gasteiger partial charge in [0.05, 0.1) is 46.2 Å². The summed E-state index contributed by atoms with van der Waals surface area (Å²) in [7, 11) is 1.39. The summed E-state index contributed by atoms with van der Waals surface area (Å²) in [6, 6.07) is 9.36. The first-order valence-corrected chi connectivity index (χ1v) is 16.9. The van der Waals surface area contributed by atoms with Crippen molar-refractivity contribution in [1.82, 2.24) is 10.1 Å². The van der Waals surface area contributed by atoms with E-state index in [9.17, 15) is 4.79 Å². The van der Waals surface area contributed by atoms with Gasteiger partial charge in [-0.05, 0) is 88.5 Å². The molecule has 2 heterocycles. The van der Waals surface area contributed by atoms with Crippen LogP contribution in [0, 0.1) is 11.8 Å². The molecule has 2 aromatic heterocycles. The highest BCUT2D eigenvalue weighted by Crippen LogP contribution is 2.48. The summed E-state index contributed by atoms with van der Waals surface area (Å²) in [6.45, 7) is 4.35. The van der Waals surface area contributed by atoms with Crippen LogP contribution in [-0.4, -0.2) is 41.5 Å². The van der Waals surface area contributed by atoms with Gasteiger partial charge in [-0.25, -0.2) is 9.78 Å². The van der Waals surface area contributed by atoms with Crippen LogP contribution in [0.4, 0.5) is 5.13 Å². The molecule has 232 valence electrons. The normalized spacial score (nSPS) is 23.0. The van der Waals surface area contributed by atoms with Gasteiger partial charge in [0.2, 0.25) is 0 Å². The Morgan fingerprint density at radius 3 is 2.50 bits per heavy atom. The summed E-state index contributed by atoms with van der Waals surface area (Å²) in [5.74, 6) is 2.45. The van der Waals surface area contributed by atoms with Gasteiger partial charge in [-0.2, -0.15) is 0 Å². The number of esters is 1. The number of fused-ring (bicyclic) bond motifs is 3. The van der Waals surface area contributed by atoms with Crippen molar-refractivity contribution in [2.75, 3.05) is 12.4 Å². The summed E-state index contributed by atoms with van der Waals surface area (Å²) >= 11 is 14.7. The third kappa shape index (κ3) is 5.80. The summed E-state index contributed by atoms with van der Waals surface area (Å²) in [6.07, 6.45) is 6.54. The second-order valence-electron chi connectivity index (χ2n) is 12.4. The van der Waals surface area contributed by atoms with Crippen molar-refractivity contribution in [2.24, 2.45) is 11.8 Å². The number of rotatable bonds is 10. The lowest BCUT2D eigenvalue weighted by Crippen LogP contribution is -2.39. The van der Waals surface area contributed by atoms with Crippen molar-refractivity contribution in [1.29, 1.82) is 0 Å². The van der Waals surface area contributed by atoms with Crippen molar-refractivity contribution < 1.29 is 23.5 Å². The lowest BCUT2D eigenvalue weighted by molar-refractivity contribution is -0.00447. The van der Waals surface area contributed by atoms with Crippen molar-refractivity contribution >= 4 is 55.9 Å². The molecule has 2 bridgehead atoms. The Kier molecular flexibility index (Phi) is 8.24. The van der Waals surface area contributed by atoms with Crippen molar-refractivity contribution in [3.8, 4) is 17.0 Å². The number of thiazole rings is 1. The zero-order chi connectivity index (χ0) is 30.5. The van der Waals surface area contributed by atoms with Crippen molar-refractivity contribution in [3.05, 3.63) is 57.3 Å². The van der Waals surface area contributed by atoms with Gasteiger partial charge >= 0.3 is 5.97 Å². The molecule has 0 radical (unpaired) electrons. The van der Waals surface area contributed by atoms with Gasteiger partial charge < -0.3 is 24.1 Å². The second kappa shape index (κ2) is 12.2. The molecule has 1 N–H and O–H groups in total. The predicted molar refractivity (Wildman–Crippen MR) is 172 cm³/mol. The lowest BCUT2D eigenvalue weighted by atomic mass is 9.82. The fourth-order valence-corrected chi connectivity index (χ4v) is 8.42. The standard InChI is InChI=1S/C33H35Cl2N3O5S/c1-16(2)42-25-13-20(32(39)40-3)14-26-30(25)37-33(44-26)36-28-18-9-10-19(28)12-21(11-18)41-15-22-29(38-43-31(22)17-7-8-17)27-23(34)5-4-6-24(27)35/h4-6,13-14,16-19,21,28H,7-12,15H2,1-3H3,(H,36,37)/t18-,19+,21-,28-. The number of aromatic nitrogens is 2. The van der Waals surface area contributed by atoms with Crippen molar-refractivity contribution in [3.63, 3.8) is 0 Å². The fraction of sp³-hybridized carbons (Fsp3) is 0.485. The van der Waals surface area contributed by atoms with Crippen LogP contribution in [0.3, 0.4) is 0 Å². The number of carbonyl (C=O) groups is 1. The first-order chi connectivity index (χ1) is 21.3. The van der Waals surface area contributed by atoms with Crippen LogP contribution < -0.4 is 10.1 Å². The quantitative estimate of drug-likeness (QED) is 0.169. The number of nitrogens with one attached hydrogen (secondary N) is 1. The molecule has 2 aromatic carbocycles. The third-order valence-corrected chi connectivity index (χ3v) is 10.6. The molecule has 3 fully saturated rings. The molecule has 11 heteroatoms. The van der Waals surface area contributed by atoms with E-state index in [0.29, 0.717) is 63.0 Å². The zero-order valence-electron chi connectivity index (χ0n) is 24.9. The van der Waals surface area contributed by atoms with E-state index in [1.165, 1.54) is 7.11 Å². The highest BCUT2D eigenvalue weighted by atomic mass is 35.5. The van der Waals surface area contributed by atoms with Gasteiger partial charge in [-0.15, -0.1) is 0 Å². The van der Waals surface area contributed by atoms with Gasteiger partial charge in [-0.3, -0.25) is 0 Å². The highest BCUT2D eigenvalue weighted by Gasteiger charge is 2.44. The number of anilines is 1. The lowest BCUT2D eigenvalue weighted by Gasteiger charge is -2.35. The van der Waals surface area contributed by atoms with Crippen LogP contribution in [-0.2, 0) is 16.1 Å². The number of methoxy groups -OCH3 is 1. The summed E-state index contributed by atoms with van der Waals surface area (Å²) < 4.78 is 24.4. The van der Waals surface area contributed by atoms with Crippen LogP contribution in [0.25, 0.3) is 21.5 Å². The molecule has 0 amide bonds. The van der Waals surface area contributed by atoms with Crippen molar-refractivity contribution in [2.45, 2.75) is 83.1 Å². The average Bonchev–Trinajstić information content (AvgIpc) is 3.56. The number of ether oxygens (including phenoxy) is 3. The number of hydrogen-bond acceptors (Lipinski definition) is 9. The topological polar surface area (TPSA) is 95.7 Å². The molecule has 0 spiro atoms. The minimum atomic E-state index is -0.391. The van der Waals surface area contributed by atoms with Crippen LogP contribution >= 0.6 is 34.5 Å². The van der Waals surface area contributed by atoms with Gasteiger partial charge in [-0.1, -0.05) is 45.8 Å². The monoisotopic (exact) mass is 655 g/mol. The summed E-state index contributed by atoms with van der Waals surface area (Å²) in [5, 5.41) is 10.1. The maximum atomic E-state index is 12.3. The summed E-state index contributed by atoms with van der Waals surface area (Å²) in [5.41, 5.74) is 3.58. The highest BCUT2D eigenvalue weighted by molar-refractivity contribution is 7.22. The molecule has 4 atom stereocenters. The van der Waals surface area contributed by atoms with Crippen LogP contribution in [0.15, 0.2) is 34.9 Å². The van der Waals surface area contributed by atoms with Gasteiger partial charge in [0.15, 0.2) is 5.13 Å². The molecule has 8 nitrogen and oxygen atoms in total. The van der Waals surface area contributed by atoms with Gasteiger partial charge in [0.1, 0.15) is 22.7 Å². The molecular formula is C33H35Cl2N3O5S. The van der Waals surface area contributed by atoms with Gasteiger partial charge in [0.25, 0.3) is 0 Å². The molecular weight excluding hydrogens is 621 g/mol. The second-order valence-corrected chi connectivity index (χ2v) is 14.3. The number of carbonyl (C=O) groups excluding carboxylic acids is 1. The van der Waals surface area contributed by atoms with Gasteiger partial charge in [0, 0.05) is 23.1 Å². The van der Waals surface area contributed by atoms with E-state index in [4.69, 9.17) is 46.9 Å². The average molecular weight is 657 g/mol. The fourth-order valence-electron chi connectivity index (χ4n) is 6.88. The number of benzene rings is 2. The van der Waals surface area contributed by atoms with E-state index in [2.05, 4.69) is 10.5 Å². The predicted octanol–water partition coefficient (Wildman–Crippen LogP) is 8.90. The smallest absolute Gasteiger partial charge is 0.338 e. The first-order valence-electron chi connectivity index (χ1n) is 15.3. The minimum Gasteiger partial charge on any atom is -0.489 e. The third-order valence-electron chi connectivity index (χ3n) is 9.02. The number of nitrogens with zero attached hydrogens (tertiary/aromatic N) is 2. The molecule has 3 aliphatic carbocycles. The van der Waals surface area contributed by atoms with E-state index >= 15 is 0 Å². The Hall–Kier alpha value is -2.85.